The van der Waals surface area contributed by atoms with Gasteiger partial charge in [0, 0.05) is 11.5 Å². The largest absolute Gasteiger partial charge is 0.321 e. The number of Topliss-reactive ketones (excluding diaryl/α,β-unsaturated/α-hetero) is 1. The maximum Gasteiger partial charge on any atom is 0.299 e. The average Bonchev–Trinajstić information content (AvgIpc) is 2.85. The lowest BCUT2D eigenvalue weighted by atomic mass is 10.1. The number of rotatable bonds is 2. The first-order valence-corrected chi connectivity index (χ1v) is 6.98. The van der Waals surface area contributed by atoms with Gasteiger partial charge in [0.2, 0.25) is 0 Å². The van der Waals surface area contributed by atoms with E-state index in [0.29, 0.717) is 22.2 Å². The van der Waals surface area contributed by atoms with E-state index >= 15 is 0 Å². The molecule has 0 bridgehead atoms. The second-order valence-corrected chi connectivity index (χ2v) is 5.74. The zero-order valence-corrected chi connectivity index (χ0v) is 12.8. The van der Waals surface area contributed by atoms with E-state index < -0.39 is 11.7 Å². The summed E-state index contributed by atoms with van der Waals surface area (Å²) in [7, 11) is 1.76. The molecule has 1 aromatic carbocycles. The molecule has 0 saturated carbocycles. The number of carbonyl (C=O) groups is 2. The average molecular weight is 355 g/mol. The zero-order chi connectivity index (χ0) is 14.4. The van der Waals surface area contributed by atoms with Crippen molar-refractivity contribution < 1.29 is 9.59 Å². The zero-order valence-electron chi connectivity index (χ0n) is 10.4. The fraction of sp³-hybridized carbons (Fsp3) is 0.154. The van der Waals surface area contributed by atoms with E-state index in [1.807, 2.05) is 0 Å². The molecule has 7 heteroatoms. The molecule has 0 unspecified atom stereocenters. The molecule has 1 aliphatic heterocycles. The lowest BCUT2D eigenvalue weighted by molar-refractivity contribution is -0.114. The maximum absolute atomic E-state index is 12.1. The standard InChI is InChI=1S/C13H9BrClN3O2/c1-17-10(15)5-16-11(17)6-18-9-3-2-7(14)4-8(9)12(19)13(18)20/h2-5H,6H2,1H3. The molecule has 20 heavy (non-hydrogen) atoms. The van der Waals surface area contributed by atoms with Crippen molar-refractivity contribution in [3.05, 3.63) is 45.4 Å². The number of hydrogen-bond acceptors (Lipinski definition) is 3. The number of carbonyl (C=O) groups excluding carboxylic acids is 2. The van der Waals surface area contributed by atoms with E-state index in [-0.39, 0.29) is 6.54 Å². The number of anilines is 1. The fourth-order valence-electron chi connectivity index (χ4n) is 2.14. The quantitative estimate of drug-likeness (QED) is 0.779. The molecular formula is C13H9BrClN3O2. The number of nitrogens with zero attached hydrogens (tertiary/aromatic N) is 3. The smallest absolute Gasteiger partial charge is 0.299 e. The molecule has 1 amide bonds. The monoisotopic (exact) mass is 353 g/mol. The van der Waals surface area contributed by atoms with Gasteiger partial charge in [0.1, 0.15) is 11.0 Å². The first kappa shape index (κ1) is 13.3. The van der Waals surface area contributed by atoms with Crippen LogP contribution < -0.4 is 4.90 Å². The molecule has 5 nitrogen and oxygen atoms in total. The molecule has 0 radical (unpaired) electrons. The van der Waals surface area contributed by atoms with Crippen LogP contribution >= 0.6 is 27.5 Å². The highest BCUT2D eigenvalue weighted by Crippen LogP contribution is 2.32. The summed E-state index contributed by atoms with van der Waals surface area (Å²) < 4.78 is 2.44. The topological polar surface area (TPSA) is 55.2 Å². The van der Waals surface area contributed by atoms with Gasteiger partial charge in [-0.05, 0) is 18.2 Å². The predicted molar refractivity (Wildman–Crippen MR) is 77.9 cm³/mol. The molecule has 2 aromatic rings. The number of imidazole rings is 1. The third kappa shape index (κ3) is 1.96. The van der Waals surface area contributed by atoms with Crippen molar-refractivity contribution in [3.63, 3.8) is 0 Å². The molecule has 0 spiro atoms. The highest BCUT2D eigenvalue weighted by Gasteiger charge is 2.36. The number of benzene rings is 1. The van der Waals surface area contributed by atoms with Crippen molar-refractivity contribution in [1.82, 2.24) is 9.55 Å². The van der Waals surface area contributed by atoms with E-state index in [9.17, 15) is 9.59 Å². The van der Waals surface area contributed by atoms with E-state index in [1.165, 1.54) is 11.1 Å². The first-order chi connectivity index (χ1) is 9.49. The lowest BCUT2D eigenvalue weighted by Crippen LogP contribution is -2.30. The second-order valence-electron chi connectivity index (χ2n) is 4.44. The normalized spacial score (nSPS) is 14.1. The third-order valence-electron chi connectivity index (χ3n) is 3.26. The first-order valence-electron chi connectivity index (χ1n) is 5.81. The minimum absolute atomic E-state index is 0.211. The fourth-order valence-corrected chi connectivity index (χ4v) is 2.65. The van der Waals surface area contributed by atoms with Crippen LogP contribution in [0, 0.1) is 0 Å². The Bertz CT molecular complexity index is 741. The Morgan fingerprint density at radius 2 is 2.10 bits per heavy atom. The van der Waals surface area contributed by atoms with Crippen LogP contribution in [0.25, 0.3) is 0 Å². The maximum atomic E-state index is 12.1. The van der Waals surface area contributed by atoms with Crippen molar-refractivity contribution in [2.24, 2.45) is 7.05 Å². The van der Waals surface area contributed by atoms with E-state index in [4.69, 9.17) is 11.6 Å². The van der Waals surface area contributed by atoms with Crippen LogP contribution in [-0.2, 0) is 18.4 Å². The number of halogens is 2. The number of aromatic nitrogens is 2. The van der Waals surface area contributed by atoms with Gasteiger partial charge in [0.15, 0.2) is 0 Å². The van der Waals surface area contributed by atoms with Gasteiger partial charge in [-0.1, -0.05) is 27.5 Å². The van der Waals surface area contributed by atoms with Crippen LogP contribution in [0.5, 0.6) is 0 Å². The molecule has 1 aromatic heterocycles. The van der Waals surface area contributed by atoms with E-state index in [0.717, 1.165) is 4.47 Å². The number of ketones is 1. The highest BCUT2D eigenvalue weighted by molar-refractivity contribution is 9.10. The molecule has 0 N–H and O–H groups in total. The van der Waals surface area contributed by atoms with Gasteiger partial charge < -0.3 is 4.57 Å². The SMILES string of the molecule is Cn1c(Cl)cnc1CN1C(=O)C(=O)c2cc(Br)ccc21. The summed E-state index contributed by atoms with van der Waals surface area (Å²) in [4.78, 5) is 29.6. The van der Waals surface area contributed by atoms with E-state index in [2.05, 4.69) is 20.9 Å². The Balaban J connectivity index is 2.01. The Kier molecular flexibility index (Phi) is 3.14. The van der Waals surface area contributed by atoms with Crippen molar-refractivity contribution in [2.45, 2.75) is 6.54 Å². The van der Waals surface area contributed by atoms with Crippen LogP contribution in [0.15, 0.2) is 28.9 Å². The summed E-state index contributed by atoms with van der Waals surface area (Å²) in [5.41, 5.74) is 1.01. The predicted octanol–water partition coefficient (Wildman–Crippen LogP) is 2.57. The summed E-state index contributed by atoms with van der Waals surface area (Å²) in [6.45, 7) is 0.211. The van der Waals surface area contributed by atoms with Gasteiger partial charge in [-0.3, -0.25) is 14.5 Å². The van der Waals surface area contributed by atoms with Gasteiger partial charge in [-0.25, -0.2) is 4.98 Å². The molecule has 0 fully saturated rings. The molecule has 0 aliphatic carbocycles. The third-order valence-corrected chi connectivity index (χ3v) is 4.11. The van der Waals surface area contributed by atoms with Crippen LogP contribution in [0.3, 0.4) is 0 Å². The summed E-state index contributed by atoms with van der Waals surface area (Å²) in [5, 5.41) is 0.481. The van der Waals surface area contributed by atoms with Crippen LogP contribution in [0.4, 0.5) is 5.69 Å². The van der Waals surface area contributed by atoms with Crippen molar-refractivity contribution >= 4 is 44.9 Å². The molecule has 0 atom stereocenters. The minimum Gasteiger partial charge on any atom is -0.321 e. The Labute approximate surface area is 128 Å². The molecule has 102 valence electrons. The van der Waals surface area contributed by atoms with Crippen molar-refractivity contribution in [3.8, 4) is 0 Å². The van der Waals surface area contributed by atoms with Crippen LogP contribution in [-0.4, -0.2) is 21.2 Å². The molecule has 2 heterocycles. The van der Waals surface area contributed by atoms with Crippen LogP contribution in [0.1, 0.15) is 16.2 Å². The molecule has 1 aliphatic rings. The van der Waals surface area contributed by atoms with Gasteiger partial charge in [0.25, 0.3) is 11.7 Å². The summed E-state index contributed by atoms with van der Waals surface area (Å²) in [5.74, 6) is -0.425. The molecule has 3 rings (SSSR count). The molecular weight excluding hydrogens is 346 g/mol. The number of fused-ring (bicyclic) bond motifs is 1. The highest BCUT2D eigenvalue weighted by atomic mass is 79.9. The van der Waals surface area contributed by atoms with Gasteiger partial charge in [-0.2, -0.15) is 0 Å². The van der Waals surface area contributed by atoms with Crippen molar-refractivity contribution in [1.29, 1.82) is 0 Å². The van der Waals surface area contributed by atoms with Gasteiger partial charge in [0.05, 0.1) is 24.0 Å². The molecule has 0 saturated heterocycles. The van der Waals surface area contributed by atoms with Crippen molar-refractivity contribution in [2.75, 3.05) is 4.90 Å². The Morgan fingerprint density at radius 1 is 1.35 bits per heavy atom. The van der Waals surface area contributed by atoms with Crippen LogP contribution in [0.2, 0.25) is 5.15 Å². The number of hydrogen-bond donors (Lipinski definition) is 0. The summed E-state index contributed by atoms with van der Waals surface area (Å²) in [6.07, 6.45) is 1.52. The summed E-state index contributed by atoms with van der Waals surface area (Å²) >= 11 is 9.22. The lowest BCUT2D eigenvalue weighted by Gasteiger charge is -2.16. The Hall–Kier alpha value is -1.66. The van der Waals surface area contributed by atoms with Gasteiger partial charge >= 0.3 is 0 Å². The van der Waals surface area contributed by atoms with Gasteiger partial charge in [-0.15, -0.1) is 0 Å². The Morgan fingerprint density at radius 3 is 2.75 bits per heavy atom. The van der Waals surface area contributed by atoms with E-state index in [1.54, 1.807) is 29.8 Å². The summed E-state index contributed by atoms with van der Waals surface area (Å²) in [6, 6.07) is 5.19. The number of amides is 1. The minimum atomic E-state index is -0.544. The second kappa shape index (κ2) is 4.71.